The number of fused-ring (bicyclic) bond motifs is 1. The molecule has 22 heteroatoms. The highest BCUT2D eigenvalue weighted by atomic mass is 35.5. The van der Waals surface area contributed by atoms with Crippen molar-refractivity contribution < 1.29 is 48.4 Å². The summed E-state index contributed by atoms with van der Waals surface area (Å²) in [5.74, 6) is -2.37. The minimum Gasteiger partial charge on any atom is -0.505 e. The molecule has 268 valence electrons. The van der Waals surface area contributed by atoms with Gasteiger partial charge in [-0.2, -0.15) is 40.2 Å². The number of nitrogens with one attached hydrogen (secondary N) is 1. The Morgan fingerprint density at radius 3 is 2.16 bits per heavy atom. The first-order valence-corrected chi connectivity index (χ1v) is 18.9. The highest BCUT2D eigenvalue weighted by Gasteiger charge is 2.27. The van der Waals surface area contributed by atoms with Gasteiger partial charge in [0.15, 0.2) is 5.75 Å². The fourth-order valence-corrected chi connectivity index (χ4v) is 6.95. The van der Waals surface area contributed by atoms with Crippen molar-refractivity contribution in [3.63, 3.8) is 0 Å². The molecule has 0 aliphatic rings. The van der Waals surface area contributed by atoms with Crippen LogP contribution >= 0.6 is 11.6 Å². The summed E-state index contributed by atoms with van der Waals surface area (Å²) in [5, 5.41) is 20.1. The van der Waals surface area contributed by atoms with E-state index in [1.165, 1.54) is 6.92 Å². The molecule has 0 atom stereocenters. The average Bonchev–Trinajstić information content (AvgIpc) is 3.00. The molecule has 1 heterocycles. The fourth-order valence-electron chi connectivity index (χ4n) is 4.91. The maximum atomic E-state index is 14.4. The summed E-state index contributed by atoms with van der Waals surface area (Å²) in [4.78, 5) is 11.3. The van der Waals surface area contributed by atoms with E-state index >= 15 is 0 Å². The van der Waals surface area contributed by atoms with Crippen LogP contribution in [0, 0.1) is 19.7 Å². The Morgan fingerprint density at radius 2 is 1.55 bits per heavy atom. The molecule has 0 unspecified atom stereocenters. The van der Waals surface area contributed by atoms with Crippen LogP contribution in [0.1, 0.15) is 18.1 Å². The predicted molar refractivity (Wildman–Crippen MR) is 182 cm³/mol. The molecule has 17 nitrogen and oxygen atoms in total. The topological polar surface area (TPSA) is 262 Å². The van der Waals surface area contributed by atoms with E-state index in [4.69, 9.17) is 11.6 Å². The van der Waals surface area contributed by atoms with Crippen LogP contribution in [0.5, 0.6) is 5.75 Å². The number of rotatable bonds is 10. The lowest BCUT2D eigenvalue weighted by Crippen LogP contribution is -2.20. The number of benzene rings is 4. The molecule has 0 saturated carbocycles. The Kier molecular flexibility index (Phi) is 10.0. The van der Waals surface area contributed by atoms with Crippen LogP contribution in [0.25, 0.3) is 10.8 Å². The van der Waals surface area contributed by atoms with E-state index in [-0.39, 0.29) is 28.4 Å². The van der Waals surface area contributed by atoms with E-state index in [9.17, 15) is 48.4 Å². The number of aryl methyl sites for hydroxylation is 2. The van der Waals surface area contributed by atoms with E-state index in [1.54, 1.807) is 24.0 Å². The summed E-state index contributed by atoms with van der Waals surface area (Å²) >= 11 is 6.23. The molecule has 0 radical (unpaired) electrons. The molecule has 0 saturated heterocycles. The van der Waals surface area contributed by atoms with Gasteiger partial charge in [-0.3, -0.25) is 13.7 Å². The zero-order chi connectivity index (χ0) is 37.6. The smallest absolute Gasteiger partial charge is 0.296 e. The third-order valence-corrected chi connectivity index (χ3v) is 9.94. The van der Waals surface area contributed by atoms with Crippen molar-refractivity contribution in [2.75, 3.05) is 16.8 Å². The first-order chi connectivity index (χ1) is 23.7. The predicted octanol–water partition coefficient (Wildman–Crippen LogP) is 6.20. The molecular weight excluding hydrogens is 757 g/mol. The summed E-state index contributed by atoms with van der Waals surface area (Å²) in [6.45, 7) is 5.22. The van der Waals surface area contributed by atoms with E-state index in [0.29, 0.717) is 24.4 Å². The van der Waals surface area contributed by atoms with E-state index < -0.39 is 78.8 Å². The monoisotopic (exact) mass is 781 g/mol. The van der Waals surface area contributed by atoms with Crippen molar-refractivity contribution in [3.05, 3.63) is 76.8 Å². The van der Waals surface area contributed by atoms with Crippen LogP contribution in [-0.4, -0.2) is 65.5 Å². The summed E-state index contributed by atoms with van der Waals surface area (Å²) in [5.41, 5.74) is -0.832. The minimum atomic E-state index is -5.32. The molecule has 0 spiro atoms. The van der Waals surface area contributed by atoms with Gasteiger partial charge >= 0.3 is 0 Å². The van der Waals surface area contributed by atoms with Gasteiger partial charge in [0.25, 0.3) is 30.4 Å². The zero-order valence-corrected chi connectivity index (χ0v) is 29.5. The van der Waals surface area contributed by atoms with Gasteiger partial charge in [-0.1, -0.05) is 12.1 Å². The highest BCUT2D eigenvalue weighted by Crippen LogP contribution is 2.46. The van der Waals surface area contributed by atoms with Crippen LogP contribution in [0.15, 0.2) is 79.5 Å². The van der Waals surface area contributed by atoms with Gasteiger partial charge in [-0.25, -0.2) is 4.39 Å². The van der Waals surface area contributed by atoms with Gasteiger partial charge in [0.05, 0.1) is 10.6 Å². The maximum Gasteiger partial charge on any atom is 0.296 e. The molecule has 51 heavy (non-hydrogen) atoms. The summed E-state index contributed by atoms with van der Waals surface area (Å²) < 4.78 is 117. The molecule has 1 aromatic heterocycles. The van der Waals surface area contributed by atoms with Crippen LogP contribution in [0.3, 0.4) is 0 Å². The van der Waals surface area contributed by atoms with Crippen molar-refractivity contribution in [2.45, 2.75) is 35.5 Å². The Labute approximate surface area is 294 Å². The standard InChI is InChI=1S/C29H25ClFN7O10S3/c1-4-38(17-7-5-6-14(2)8-17)29-34-27(30)33-28(35-29)32-21-12-18(49(40,41)42)10-16-11-23(51(46,47)48)25(26(39)24(16)21)37-36-20-13-19(31)15(3)9-22(20)50(43,44)45/h5-13,39H,4H2,1-3H3,(H,40,41,42)(H,43,44,45)(H,46,47,48)(H,32,33,34,35). The lowest BCUT2D eigenvalue weighted by molar-refractivity contribution is 0.472. The fraction of sp³-hybridized carbons (Fsp3) is 0.138. The van der Waals surface area contributed by atoms with Crippen molar-refractivity contribution in [1.29, 1.82) is 0 Å². The van der Waals surface area contributed by atoms with Crippen LogP contribution in [0.2, 0.25) is 5.28 Å². The van der Waals surface area contributed by atoms with Crippen LogP contribution < -0.4 is 10.2 Å². The van der Waals surface area contributed by atoms with Crippen LogP contribution in [0.4, 0.5) is 39.0 Å². The number of hydrogen-bond donors (Lipinski definition) is 5. The van der Waals surface area contributed by atoms with Crippen molar-refractivity contribution >= 4 is 87.4 Å². The van der Waals surface area contributed by atoms with Gasteiger partial charge < -0.3 is 15.3 Å². The number of nitrogens with zero attached hydrogens (tertiary/aromatic N) is 6. The first-order valence-electron chi connectivity index (χ1n) is 14.2. The van der Waals surface area contributed by atoms with E-state index in [1.807, 2.05) is 19.1 Å². The second-order valence-corrected chi connectivity index (χ2v) is 15.3. The number of phenolic OH excluding ortho intramolecular Hbond substituents is 1. The largest absolute Gasteiger partial charge is 0.505 e. The number of anilines is 4. The zero-order valence-electron chi connectivity index (χ0n) is 26.3. The van der Waals surface area contributed by atoms with Crippen molar-refractivity contribution in [3.8, 4) is 5.75 Å². The van der Waals surface area contributed by atoms with Crippen LogP contribution in [-0.2, 0) is 30.4 Å². The Bertz CT molecular complexity index is 2610. The normalized spacial score (nSPS) is 12.5. The first kappa shape index (κ1) is 37.4. The molecule has 5 aromatic rings. The molecule has 0 aliphatic carbocycles. The lowest BCUT2D eigenvalue weighted by atomic mass is 10.1. The summed E-state index contributed by atoms with van der Waals surface area (Å²) in [6, 6.07) is 10.9. The second-order valence-electron chi connectivity index (χ2n) is 10.8. The van der Waals surface area contributed by atoms with E-state index in [0.717, 1.165) is 23.8 Å². The average molecular weight is 782 g/mol. The summed E-state index contributed by atoms with van der Waals surface area (Å²) in [6.07, 6.45) is 0. The summed E-state index contributed by atoms with van der Waals surface area (Å²) in [7, 11) is -15.4. The number of hydrogen-bond acceptors (Lipinski definition) is 14. The second kappa shape index (κ2) is 13.7. The van der Waals surface area contributed by atoms with Gasteiger partial charge in [-0.15, -0.1) is 10.2 Å². The Balaban J connectivity index is 1.76. The lowest BCUT2D eigenvalue weighted by Gasteiger charge is -2.22. The van der Waals surface area contributed by atoms with Gasteiger partial charge in [0.2, 0.25) is 17.2 Å². The molecule has 4 aromatic carbocycles. The highest BCUT2D eigenvalue weighted by molar-refractivity contribution is 7.86. The quantitative estimate of drug-likeness (QED) is 0.0780. The third kappa shape index (κ3) is 8.04. The van der Waals surface area contributed by atoms with Crippen molar-refractivity contribution in [2.24, 2.45) is 10.2 Å². The third-order valence-electron chi connectivity index (χ3n) is 7.19. The molecule has 0 bridgehead atoms. The number of halogens is 2. The number of aromatic nitrogens is 3. The van der Waals surface area contributed by atoms with Gasteiger partial charge in [0, 0.05) is 23.7 Å². The van der Waals surface area contributed by atoms with E-state index in [2.05, 4.69) is 30.5 Å². The molecule has 0 amide bonds. The number of phenols is 1. The number of aromatic hydroxyl groups is 1. The SMILES string of the molecule is CCN(c1cccc(C)c1)c1nc(Cl)nc(Nc2cc(S(=O)(=O)O)cc3cc(S(=O)(=O)O)c(N=Nc4cc(F)c(C)cc4S(=O)(=O)O)c(O)c23)n1. The van der Waals surface area contributed by atoms with Gasteiger partial charge in [-0.05, 0) is 85.3 Å². The maximum absolute atomic E-state index is 14.4. The Morgan fingerprint density at radius 1 is 0.863 bits per heavy atom. The van der Waals surface area contributed by atoms with Gasteiger partial charge in [0.1, 0.15) is 27.0 Å². The molecule has 5 rings (SSSR count). The molecule has 5 N–H and O–H groups in total. The molecule has 0 aliphatic heterocycles. The Hall–Kier alpha value is -4.90. The molecule has 0 fully saturated rings. The minimum absolute atomic E-state index is 0.0354. The number of azo groups is 1. The van der Waals surface area contributed by atoms with Crippen molar-refractivity contribution in [1.82, 2.24) is 15.0 Å². The molecular formula is C29H25ClFN7O10S3.